The second-order valence-electron chi connectivity index (χ2n) is 6.48. The van der Waals surface area contributed by atoms with E-state index in [4.69, 9.17) is 14.2 Å². The number of ether oxygens (including phenoxy) is 3. The second-order valence-corrected chi connectivity index (χ2v) is 7.48. The Morgan fingerprint density at radius 3 is 2.48 bits per heavy atom. The van der Waals surface area contributed by atoms with E-state index < -0.39 is 5.97 Å². The van der Waals surface area contributed by atoms with Crippen molar-refractivity contribution >= 4 is 28.3 Å². The Kier molecular flexibility index (Phi) is 7.61. The third-order valence-electron chi connectivity index (χ3n) is 4.49. The summed E-state index contributed by atoms with van der Waals surface area (Å²) in [5.41, 5.74) is 2.14. The standard InChI is InChI=1S/C23H24N2O5S/c1-4-30-22(27)21-19(15-9-6-5-7-10-15)25-23(31-21)24-18(26)14-13-16-11-8-12-17(28-2)20(16)29-3/h5-12H,4,13-14H2,1-3H3,(H,24,25,26). The SMILES string of the molecule is CCOC(=O)c1sc(NC(=O)CCc2cccc(OC)c2OC)nc1-c1ccccc1. The number of aromatic nitrogens is 1. The van der Waals surface area contributed by atoms with Crippen molar-refractivity contribution in [2.75, 3.05) is 26.1 Å². The van der Waals surface area contributed by atoms with Crippen LogP contribution in [0.5, 0.6) is 11.5 Å². The molecule has 3 aromatic rings. The lowest BCUT2D eigenvalue weighted by molar-refractivity contribution is -0.116. The molecule has 0 aliphatic carbocycles. The number of aryl methyl sites for hydroxylation is 1. The highest BCUT2D eigenvalue weighted by Crippen LogP contribution is 2.33. The number of esters is 1. The number of rotatable bonds is 9. The third kappa shape index (κ3) is 5.40. The van der Waals surface area contributed by atoms with Crippen molar-refractivity contribution in [2.24, 2.45) is 0 Å². The van der Waals surface area contributed by atoms with Gasteiger partial charge in [-0.1, -0.05) is 53.8 Å². The summed E-state index contributed by atoms with van der Waals surface area (Å²) in [5, 5.41) is 3.15. The zero-order chi connectivity index (χ0) is 22.2. The van der Waals surface area contributed by atoms with E-state index in [1.807, 2.05) is 42.5 Å². The summed E-state index contributed by atoms with van der Waals surface area (Å²) in [6, 6.07) is 14.9. The monoisotopic (exact) mass is 440 g/mol. The Hall–Kier alpha value is -3.39. The van der Waals surface area contributed by atoms with E-state index in [0.717, 1.165) is 22.5 Å². The Bertz CT molecular complexity index is 1050. The van der Waals surface area contributed by atoms with E-state index >= 15 is 0 Å². The zero-order valence-electron chi connectivity index (χ0n) is 17.6. The summed E-state index contributed by atoms with van der Waals surface area (Å²) in [6.45, 7) is 2.01. The lowest BCUT2D eigenvalue weighted by Gasteiger charge is -2.12. The molecule has 2 aromatic carbocycles. The van der Waals surface area contributed by atoms with Gasteiger partial charge in [0.1, 0.15) is 4.88 Å². The van der Waals surface area contributed by atoms with Crippen LogP contribution in [0.25, 0.3) is 11.3 Å². The van der Waals surface area contributed by atoms with Crippen LogP contribution in [0.3, 0.4) is 0 Å². The van der Waals surface area contributed by atoms with Gasteiger partial charge in [-0.25, -0.2) is 9.78 Å². The topological polar surface area (TPSA) is 86.8 Å². The van der Waals surface area contributed by atoms with Gasteiger partial charge < -0.3 is 19.5 Å². The molecule has 7 nitrogen and oxygen atoms in total. The molecule has 162 valence electrons. The molecular weight excluding hydrogens is 416 g/mol. The number of hydrogen-bond acceptors (Lipinski definition) is 7. The highest BCUT2D eigenvalue weighted by Gasteiger charge is 2.21. The van der Waals surface area contributed by atoms with E-state index in [1.165, 1.54) is 0 Å². The first kappa shape index (κ1) is 22.3. The van der Waals surface area contributed by atoms with E-state index in [-0.39, 0.29) is 18.9 Å². The highest BCUT2D eigenvalue weighted by molar-refractivity contribution is 7.18. The Morgan fingerprint density at radius 1 is 1.03 bits per heavy atom. The van der Waals surface area contributed by atoms with Crippen LogP contribution >= 0.6 is 11.3 Å². The average Bonchev–Trinajstić information content (AvgIpc) is 3.21. The summed E-state index contributed by atoms with van der Waals surface area (Å²) in [7, 11) is 3.14. The third-order valence-corrected chi connectivity index (χ3v) is 5.44. The van der Waals surface area contributed by atoms with Gasteiger partial charge in [0.25, 0.3) is 0 Å². The molecule has 0 fully saturated rings. The quantitative estimate of drug-likeness (QED) is 0.490. The van der Waals surface area contributed by atoms with Crippen molar-refractivity contribution in [1.29, 1.82) is 0 Å². The first-order chi connectivity index (χ1) is 15.1. The lowest BCUT2D eigenvalue weighted by Crippen LogP contribution is -2.12. The number of hydrogen-bond donors (Lipinski definition) is 1. The van der Waals surface area contributed by atoms with Gasteiger partial charge in [0.15, 0.2) is 16.6 Å². The zero-order valence-corrected chi connectivity index (χ0v) is 18.5. The predicted molar refractivity (Wildman–Crippen MR) is 120 cm³/mol. The van der Waals surface area contributed by atoms with Crippen LogP contribution in [0.1, 0.15) is 28.6 Å². The molecule has 1 heterocycles. The van der Waals surface area contributed by atoms with Crippen molar-refractivity contribution in [3.63, 3.8) is 0 Å². The molecule has 1 N–H and O–H groups in total. The lowest BCUT2D eigenvalue weighted by atomic mass is 10.1. The van der Waals surface area contributed by atoms with Crippen LogP contribution in [-0.2, 0) is 16.0 Å². The molecule has 8 heteroatoms. The minimum atomic E-state index is -0.458. The number of amides is 1. The number of anilines is 1. The van der Waals surface area contributed by atoms with E-state index in [1.54, 1.807) is 27.2 Å². The fourth-order valence-corrected chi connectivity index (χ4v) is 3.98. The van der Waals surface area contributed by atoms with Gasteiger partial charge in [0.2, 0.25) is 5.91 Å². The van der Waals surface area contributed by atoms with Crippen LogP contribution < -0.4 is 14.8 Å². The van der Waals surface area contributed by atoms with Gasteiger partial charge in [-0.15, -0.1) is 0 Å². The van der Waals surface area contributed by atoms with Gasteiger partial charge in [-0.05, 0) is 25.0 Å². The minimum absolute atomic E-state index is 0.214. The first-order valence-corrected chi connectivity index (χ1v) is 10.6. The molecule has 0 saturated carbocycles. The fraction of sp³-hybridized carbons (Fsp3) is 0.261. The maximum atomic E-state index is 12.6. The molecular formula is C23H24N2O5S. The van der Waals surface area contributed by atoms with Crippen LogP contribution in [0.2, 0.25) is 0 Å². The largest absolute Gasteiger partial charge is 0.493 e. The summed E-state index contributed by atoms with van der Waals surface area (Å²) < 4.78 is 15.9. The van der Waals surface area contributed by atoms with Crippen LogP contribution in [0, 0.1) is 0 Å². The van der Waals surface area contributed by atoms with Gasteiger partial charge in [-0.3, -0.25) is 4.79 Å². The normalized spacial score (nSPS) is 10.4. The molecule has 1 amide bonds. The molecule has 0 radical (unpaired) electrons. The number of nitrogens with one attached hydrogen (secondary N) is 1. The van der Waals surface area contributed by atoms with Crippen molar-refractivity contribution in [1.82, 2.24) is 4.98 Å². The highest BCUT2D eigenvalue weighted by atomic mass is 32.1. The van der Waals surface area contributed by atoms with Crippen molar-refractivity contribution in [2.45, 2.75) is 19.8 Å². The maximum absolute atomic E-state index is 12.6. The Morgan fingerprint density at radius 2 is 1.81 bits per heavy atom. The number of thiazole rings is 1. The molecule has 3 rings (SSSR count). The van der Waals surface area contributed by atoms with Gasteiger partial charge >= 0.3 is 5.97 Å². The number of carbonyl (C=O) groups excluding carboxylic acids is 2. The molecule has 31 heavy (non-hydrogen) atoms. The summed E-state index contributed by atoms with van der Waals surface area (Å²) in [6.07, 6.45) is 0.687. The number of benzene rings is 2. The van der Waals surface area contributed by atoms with Crippen LogP contribution in [0.4, 0.5) is 5.13 Å². The first-order valence-electron chi connectivity index (χ1n) is 9.80. The van der Waals surface area contributed by atoms with Gasteiger partial charge in [0.05, 0.1) is 26.5 Å². The maximum Gasteiger partial charge on any atom is 0.350 e. The van der Waals surface area contributed by atoms with E-state index in [0.29, 0.717) is 33.6 Å². The van der Waals surface area contributed by atoms with Crippen molar-refractivity contribution < 1.29 is 23.8 Å². The van der Waals surface area contributed by atoms with E-state index in [9.17, 15) is 9.59 Å². The minimum Gasteiger partial charge on any atom is -0.493 e. The number of nitrogens with zero attached hydrogens (tertiary/aromatic N) is 1. The number of para-hydroxylation sites is 1. The molecule has 0 unspecified atom stereocenters. The Labute approximate surface area is 185 Å². The second kappa shape index (κ2) is 10.6. The molecule has 0 aliphatic heterocycles. The van der Waals surface area contributed by atoms with Gasteiger partial charge in [0, 0.05) is 12.0 Å². The fourth-order valence-electron chi connectivity index (χ4n) is 3.08. The summed E-state index contributed by atoms with van der Waals surface area (Å²) in [4.78, 5) is 29.8. The Balaban J connectivity index is 1.75. The smallest absolute Gasteiger partial charge is 0.350 e. The molecule has 1 aromatic heterocycles. The van der Waals surface area contributed by atoms with Crippen LogP contribution in [-0.4, -0.2) is 37.7 Å². The number of methoxy groups -OCH3 is 2. The molecule has 0 bridgehead atoms. The molecule has 0 spiro atoms. The predicted octanol–water partition coefficient (Wildman–Crippen LogP) is 4.58. The summed E-state index contributed by atoms with van der Waals surface area (Å²) >= 11 is 1.10. The van der Waals surface area contributed by atoms with E-state index in [2.05, 4.69) is 10.3 Å². The summed E-state index contributed by atoms with van der Waals surface area (Å²) in [5.74, 6) is 0.559. The molecule has 0 aliphatic rings. The molecule has 0 atom stereocenters. The molecule has 0 saturated heterocycles. The van der Waals surface area contributed by atoms with Gasteiger partial charge in [-0.2, -0.15) is 0 Å². The average molecular weight is 441 g/mol. The number of carbonyl (C=O) groups is 2. The van der Waals surface area contributed by atoms with Crippen molar-refractivity contribution in [3.8, 4) is 22.8 Å². The van der Waals surface area contributed by atoms with Crippen molar-refractivity contribution in [3.05, 3.63) is 59.0 Å². The van der Waals surface area contributed by atoms with Crippen LogP contribution in [0.15, 0.2) is 48.5 Å².